The lowest BCUT2D eigenvalue weighted by Gasteiger charge is -2.19. The van der Waals surface area contributed by atoms with Gasteiger partial charge in [-0.1, -0.05) is 157 Å². The van der Waals surface area contributed by atoms with Crippen molar-refractivity contribution < 1.29 is 42.7 Å². The molecular formula is C42H72NO9P. The summed E-state index contributed by atoms with van der Waals surface area (Å²) in [5, 5.41) is 9.98. The van der Waals surface area contributed by atoms with Crippen molar-refractivity contribution in [2.24, 2.45) is 5.73 Å². The van der Waals surface area contributed by atoms with E-state index in [1.807, 2.05) is 48.6 Å². The minimum Gasteiger partial charge on any atom is -0.462 e. The van der Waals surface area contributed by atoms with E-state index in [0.29, 0.717) is 25.7 Å². The molecule has 0 aromatic carbocycles. The molecule has 0 heterocycles. The first kappa shape index (κ1) is 50.4. The maximum atomic E-state index is 12.5. The van der Waals surface area contributed by atoms with E-state index < -0.39 is 38.6 Å². The molecule has 0 rings (SSSR count). The molecule has 0 saturated carbocycles. The summed E-state index contributed by atoms with van der Waals surface area (Å²) in [4.78, 5) is 34.7. The highest BCUT2D eigenvalue weighted by molar-refractivity contribution is 7.47. The van der Waals surface area contributed by atoms with Gasteiger partial charge in [0.15, 0.2) is 6.10 Å². The van der Waals surface area contributed by atoms with Crippen LogP contribution in [0, 0.1) is 0 Å². The van der Waals surface area contributed by atoms with E-state index in [1.165, 1.54) is 51.4 Å². The fraction of sp³-hybridized carbons (Fsp3) is 0.667. The SMILES string of the molecule is CC/C=C\C/C=C\CC(O)/C=C/C=C\C/C=C\C/C=C\CCC(=O)O[C@H](COC(=O)CCCCCCCCCCCCCC)COP(=O)(O)OCCN. The number of phosphoric ester groups is 1. The second kappa shape index (κ2) is 37.7. The van der Waals surface area contributed by atoms with Gasteiger partial charge in [-0.25, -0.2) is 4.57 Å². The first-order valence-corrected chi connectivity index (χ1v) is 21.5. The molecule has 0 aliphatic rings. The van der Waals surface area contributed by atoms with E-state index >= 15 is 0 Å². The van der Waals surface area contributed by atoms with Crippen LogP contribution in [0.3, 0.4) is 0 Å². The van der Waals surface area contributed by atoms with Crippen molar-refractivity contribution in [1.82, 2.24) is 0 Å². The molecule has 0 saturated heterocycles. The summed E-state index contributed by atoms with van der Waals surface area (Å²) < 4.78 is 32.6. The predicted molar refractivity (Wildman–Crippen MR) is 216 cm³/mol. The van der Waals surface area contributed by atoms with Gasteiger partial charge in [-0.15, -0.1) is 0 Å². The Labute approximate surface area is 321 Å². The third kappa shape index (κ3) is 37.5. The van der Waals surface area contributed by atoms with E-state index in [9.17, 15) is 24.2 Å². The first-order chi connectivity index (χ1) is 25.7. The lowest BCUT2D eigenvalue weighted by Crippen LogP contribution is -2.29. The highest BCUT2D eigenvalue weighted by atomic mass is 31.2. The summed E-state index contributed by atoms with van der Waals surface area (Å²) in [5.74, 6) is -0.962. The summed E-state index contributed by atoms with van der Waals surface area (Å²) in [5.41, 5.74) is 5.33. The van der Waals surface area contributed by atoms with Gasteiger partial charge >= 0.3 is 19.8 Å². The molecule has 3 atom stereocenters. The van der Waals surface area contributed by atoms with Gasteiger partial charge in [-0.3, -0.25) is 18.6 Å². The molecule has 0 spiro atoms. The third-order valence-corrected chi connectivity index (χ3v) is 8.93. The van der Waals surface area contributed by atoms with Gasteiger partial charge in [0.1, 0.15) is 6.61 Å². The number of hydrogen-bond acceptors (Lipinski definition) is 9. The molecule has 11 heteroatoms. The Hall–Kier alpha value is -2.59. The summed E-state index contributed by atoms with van der Waals surface area (Å²) in [6.45, 7) is 3.42. The average molecular weight is 766 g/mol. The highest BCUT2D eigenvalue weighted by Gasteiger charge is 2.25. The monoisotopic (exact) mass is 765 g/mol. The molecule has 304 valence electrons. The van der Waals surface area contributed by atoms with Crippen LogP contribution < -0.4 is 5.73 Å². The maximum absolute atomic E-state index is 12.5. The Morgan fingerprint density at radius 2 is 1.26 bits per heavy atom. The van der Waals surface area contributed by atoms with Crippen LogP contribution in [0.2, 0.25) is 0 Å². The number of phosphoric acid groups is 1. The third-order valence-electron chi connectivity index (χ3n) is 7.95. The Balaban J connectivity index is 4.41. The summed E-state index contributed by atoms with van der Waals surface area (Å²) >= 11 is 0. The number of carbonyl (C=O) groups is 2. The molecule has 0 aromatic rings. The lowest BCUT2D eigenvalue weighted by molar-refractivity contribution is -0.161. The summed E-state index contributed by atoms with van der Waals surface area (Å²) in [6, 6.07) is 0. The number of hydrogen-bond donors (Lipinski definition) is 3. The van der Waals surface area contributed by atoms with Gasteiger partial charge in [-0.2, -0.15) is 0 Å². The van der Waals surface area contributed by atoms with Crippen LogP contribution in [-0.4, -0.2) is 60.5 Å². The molecule has 0 aliphatic carbocycles. The van der Waals surface area contributed by atoms with Gasteiger partial charge in [0.2, 0.25) is 0 Å². The Bertz CT molecular complexity index is 1120. The molecule has 0 aromatic heterocycles. The van der Waals surface area contributed by atoms with E-state index in [1.54, 1.807) is 6.08 Å². The smallest absolute Gasteiger partial charge is 0.462 e. The second-order valence-electron chi connectivity index (χ2n) is 13.0. The number of aliphatic hydroxyl groups is 1. The quantitative estimate of drug-likeness (QED) is 0.0185. The van der Waals surface area contributed by atoms with Crippen molar-refractivity contribution in [1.29, 1.82) is 0 Å². The molecule has 4 N–H and O–H groups in total. The van der Waals surface area contributed by atoms with Crippen LogP contribution in [0.5, 0.6) is 0 Å². The van der Waals surface area contributed by atoms with Crippen LogP contribution in [0.4, 0.5) is 0 Å². The number of carbonyl (C=O) groups excluding carboxylic acids is 2. The highest BCUT2D eigenvalue weighted by Crippen LogP contribution is 2.43. The van der Waals surface area contributed by atoms with Gasteiger partial charge < -0.3 is 25.2 Å². The van der Waals surface area contributed by atoms with Gasteiger partial charge in [0, 0.05) is 19.4 Å². The van der Waals surface area contributed by atoms with Gasteiger partial charge in [0.05, 0.1) is 19.3 Å². The number of nitrogens with two attached hydrogens (primary N) is 1. The zero-order valence-corrected chi connectivity index (χ0v) is 33.7. The Morgan fingerprint density at radius 3 is 1.91 bits per heavy atom. The van der Waals surface area contributed by atoms with Crippen molar-refractivity contribution in [2.75, 3.05) is 26.4 Å². The van der Waals surface area contributed by atoms with Crippen molar-refractivity contribution in [2.45, 2.75) is 154 Å². The van der Waals surface area contributed by atoms with E-state index in [4.69, 9.17) is 24.3 Å². The topological polar surface area (TPSA) is 155 Å². The van der Waals surface area contributed by atoms with Crippen molar-refractivity contribution >= 4 is 19.8 Å². The molecule has 10 nitrogen and oxygen atoms in total. The lowest BCUT2D eigenvalue weighted by atomic mass is 10.0. The van der Waals surface area contributed by atoms with Crippen LogP contribution in [0.15, 0.2) is 72.9 Å². The zero-order chi connectivity index (χ0) is 39.1. The van der Waals surface area contributed by atoms with Gasteiger partial charge in [0.25, 0.3) is 0 Å². The van der Waals surface area contributed by atoms with E-state index in [0.717, 1.165) is 38.5 Å². The Kier molecular flexibility index (Phi) is 35.9. The standard InChI is InChI=1S/C42H72NO9P/c1-3-5-7-9-11-12-13-14-18-21-25-29-33-41(45)49-37-40(38-51-53(47,48)50-36-35-43)52-42(46)34-30-26-22-19-16-15-17-20-24-28-32-39(44)31-27-23-10-8-6-4-2/h6,8,15-16,20,22-24,26-28,32,39-40,44H,3-5,7,9-14,17-19,21,25,29-31,33-38,43H2,1-2H3,(H,47,48)/b8-6-,16-15-,24-20-,26-22-,27-23-,32-28+/t39?,40-/m1/s1. The minimum atomic E-state index is -4.41. The van der Waals surface area contributed by atoms with Crippen LogP contribution >= 0.6 is 7.82 Å². The predicted octanol–water partition coefficient (Wildman–Crippen LogP) is 10.1. The largest absolute Gasteiger partial charge is 0.472 e. The van der Waals surface area contributed by atoms with E-state index in [-0.39, 0.29) is 32.6 Å². The fourth-order valence-electron chi connectivity index (χ4n) is 4.98. The average Bonchev–Trinajstić information content (AvgIpc) is 3.14. The molecule has 2 unspecified atom stereocenters. The molecule has 0 fully saturated rings. The molecule has 0 radical (unpaired) electrons. The molecule has 53 heavy (non-hydrogen) atoms. The molecular weight excluding hydrogens is 693 g/mol. The number of unbranched alkanes of at least 4 members (excludes halogenated alkanes) is 11. The molecule has 0 amide bonds. The van der Waals surface area contributed by atoms with Crippen molar-refractivity contribution in [3.8, 4) is 0 Å². The second-order valence-corrected chi connectivity index (χ2v) is 14.4. The van der Waals surface area contributed by atoms with Crippen LogP contribution in [0.25, 0.3) is 0 Å². The number of rotatable bonds is 36. The molecule has 0 bridgehead atoms. The Morgan fingerprint density at radius 1 is 0.679 bits per heavy atom. The normalized spacial score (nSPS) is 14.7. The summed E-state index contributed by atoms with van der Waals surface area (Å²) in [6.07, 6.45) is 41.2. The minimum absolute atomic E-state index is 0.0310. The first-order valence-electron chi connectivity index (χ1n) is 20.0. The molecule has 0 aliphatic heterocycles. The van der Waals surface area contributed by atoms with E-state index in [2.05, 4.69) is 32.1 Å². The van der Waals surface area contributed by atoms with Crippen molar-refractivity contribution in [3.63, 3.8) is 0 Å². The zero-order valence-electron chi connectivity index (χ0n) is 32.8. The van der Waals surface area contributed by atoms with Crippen molar-refractivity contribution in [3.05, 3.63) is 72.9 Å². The number of aliphatic hydroxyl groups excluding tert-OH is 1. The van der Waals surface area contributed by atoms with Crippen LogP contribution in [-0.2, 0) is 32.7 Å². The number of esters is 2. The van der Waals surface area contributed by atoms with Crippen LogP contribution in [0.1, 0.15) is 142 Å². The maximum Gasteiger partial charge on any atom is 0.472 e. The summed E-state index contributed by atoms with van der Waals surface area (Å²) in [7, 11) is -4.41. The van der Waals surface area contributed by atoms with Gasteiger partial charge in [-0.05, 0) is 44.9 Å². The number of ether oxygens (including phenoxy) is 2. The number of allylic oxidation sites excluding steroid dienone is 10. The fourth-order valence-corrected chi connectivity index (χ4v) is 5.74.